The number of pyridine rings is 1. The Balaban J connectivity index is 2.45. The summed E-state index contributed by atoms with van der Waals surface area (Å²) in [5.74, 6) is 2.11. The van der Waals surface area contributed by atoms with E-state index in [2.05, 4.69) is 22.2 Å². The molecule has 0 atom stereocenters. The van der Waals surface area contributed by atoms with Crippen LogP contribution in [0.15, 0.2) is 18.5 Å². The fraction of sp³-hybridized carbons (Fsp3) is 0.333. The molecule has 6 heteroatoms. The molecule has 0 saturated carbocycles. The van der Waals surface area contributed by atoms with E-state index in [1.807, 2.05) is 17.7 Å². The van der Waals surface area contributed by atoms with Crippen LogP contribution in [0.2, 0.25) is 10.0 Å². The number of hydrogen-bond donors (Lipinski definition) is 1. The van der Waals surface area contributed by atoms with Crippen LogP contribution in [-0.2, 0) is 0 Å². The standard InChI is InChI=1S/C12H14Cl2N4/c1-3-4-16-11-9(13)7-10(14)12(17-11)18-6-5-15-8(18)2/h5-7H,3-4H2,1-2H3,(H,16,17). The molecule has 0 spiro atoms. The second kappa shape index (κ2) is 5.59. The molecule has 2 aromatic rings. The van der Waals surface area contributed by atoms with Crippen LogP contribution in [0, 0.1) is 6.92 Å². The van der Waals surface area contributed by atoms with Gasteiger partial charge in [-0.15, -0.1) is 0 Å². The van der Waals surface area contributed by atoms with E-state index in [1.165, 1.54) is 0 Å². The molecule has 2 heterocycles. The van der Waals surface area contributed by atoms with E-state index in [1.54, 1.807) is 12.3 Å². The number of halogens is 2. The lowest BCUT2D eigenvalue weighted by molar-refractivity contribution is 0.921. The summed E-state index contributed by atoms with van der Waals surface area (Å²) in [4.78, 5) is 8.62. The largest absolute Gasteiger partial charge is 0.369 e. The number of aromatic nitrogens is 3. The first kappa shape index (κ1) is 13.2. The molecule has 4 nitrogen and oxygen atoms in total. The molecule has 2 rings (SSSR count). The van der Waals surface area contributed by atoms with Crippen molar-refractivity contribution in [1.29, 1.82) is 0 Å². The van der Waals surface area contributed by atoms with Crippen LogP contribution in [0.1, 0.15) is 19.2 Å². The van der Waals surface area contributed by atoms with E-state index in [0.717, 1.165) is 18.8 Å². The van der Waals surface area contributed by atoms with Crippen molar-refractivity contribution in [2.45, 2.75) is 20.3 Å². The van der Waals surface area contributed by atoms with Crippen molar-refractivity contribution in [2.24, 2.45) is 0 Å². The van der Waals surface area contributed by atoms with Gasteiger partial charge < -0.3 is 5.32 Å². The van der Waals surface area contributed by atoms with Crippen molar-refractivity contribution in [1.82, 2.24) is 14.5 Å². The van der Waals surface area contributed by atoms with Gasteiger partial charge in [-0.25, -0.2) is 9.97 Å². The third-order valence-corrected chi connectivity index (χ3v) is 3.07. The summed E-state index contributed by atoms with van der Waals surface area (Å²) >= 11 is 12.3. The Hall–Kier alpha value is -1.26. The average Bonchev–Trinajstić information content (AvgIpc) is 2.74. The maximum absolute atomic E-state index is 6.18. The summed E-state index contributed by atoms with van der Waals surface area (Å²) in [6.45, 7) is 4.79. The van der Waals surface area contributed by atoms with Crippen molar-refractivity contribution in [3.8, 4) is 5.82 Å². The first-order valence-corrected chi connectivity index (χ1v) is 6.49. The van der Waals surface area contributed by atoms with Gasteiger partial charge >= 0.3 is 0 Å². The van der Waals surface area contributed by atoms with Gasteiger partial charge in [0.1, 0.15) is 11.6 Å². The fourth-order valence-corrected chi connectivity index (χ4v) is 2.11. The second-order valence-corrected chi connectivity index (χ2v) is 4.71. The van der Waals surface area contributed by atoms with Crippen molar-refractivity contribution in [3.63, 3.8) is 0 Å². The third-order valence-electron chi connectivity index (χ3n) is 2.51. The lowest BCUT2D eigenvalue weighted by Gasteiger charge is -2.11. The second-order valence-electron chi connectivity index (χ2n) is 3.90. The Bertz CT molecular complexity index is 551. The molecular weight excluding hydrogens is 271 g/mol. The monoisotopic (exact) mass is 284 g/mol. The normalized spacial score (nSPS) is 10.7. The molecule has 18 heavy (non-hydrogen) atoms. The lowest BCUT2D eigenvalue weighted by atomic mass is 10.4. The molecule has 0 amide bonds. The molecule has 0 bridgehead atoms. The van der Waals surface area contributed by atoms with Gasteiger partial charge in [0.2, 0.25) is 0 Å². The Morgan fingerprint density at radius 2 is 2.11 bits per heavy atom. The lowest BCUT2D eigenvalue weighted by Crippen LogP contribution is -2.07. The molecule has 0 aromatic carbocycles. The molecule has 0 radical (unpaired) electrons. The number of rotatable bonds is 4. The molecular formula is C12H14Cl2N4. The summed E-state index contributed by atoms with van der Waals surface area (Å²) < 4.78 is 1.83. The zero-order valence-electron chi connectivity index (χ0n) is 10.2. The number of nitrogens with one attached hydrogen (secondary N) is 1. The third kappa shape index (κ3) is 2.60. The molecule has 0 unspecified atom stereocenters. The smallest absolute Gasteiger partial charge is 0.159 e. The van der Waals surface area contributed by atoms with Crippen molar-refractivity contribution in [3.05, 3.63) is 34.3 Å². The minimum atomic E-state index is 0.503. The first-order valence-electron chi connectivity index (χ1n) is 5.73. The van der Waals surface area contributed by atoms with Gasteiger partial charge in [-0.1, -0.05) is 30.1 Å². The van der Waals surface area contributed by atoms with Gasteiger partial charge in [-0.2, -0.15) is 0 Å². The van der Waals surface area contributed by atoms with Crippen LogP contribution < -0.4 is 5.32 Å². The fourth-order valence-electron chi connectivity index (χ4n) is 1.59. The highest BCUT2D eigenvalue weighted by molar-refractivity contribution is 6.36. The van der Waals surface area contributed by atoms with E-state index in [-0.39, 0.29) is 0 Å². The van der Waals surface area contributed by atoms with Gasteiger partial charge in [0.05, 0.1) is 10.0 Å². The number of imidazole rings is 1. The van der Waals surface area contributed by atoms with E-state index in [9.17, 15) is 0 Å². The summed E-state index contributed by atoms with van der Waals surface area (Å²) in [6, 6.07) is 1.70. The highest BCUT2D eigenvalue weighted by Gasteiger charge is 2.12. The Kier molecular flexibility index (Phi) is 4.09. The number of nitrogens with zero attached hydrogens (tertiary/aromatic N) is 3. The van der Waals surface area contributed by atoms with Crippen molar-refractivity contribution in [2.75, 3.05) is 11.9 Å². The first-order chi connectivity index (χ1) is 8.63. The van der Waals surface area contributed by atoms with E-state index >= 15 is 0 Å². The quantitative estimate of drug-likeness (QED) is 0.931. The maximum Gasteiger partial charge on any atom is 0.159 e. The highest BCUT2D eigenvalue weighted by atomic mass is 35.5. The zero-order chi connectivity index (χ0) is 13.1. The molecule has 0 fully saturated rings. The highest BCUT2D eigenvalue weighted by Crippen LogP contribution is 2.28. The van der Waals surface area contributed by atoms with Gasteiger partial charge in [0.25, 0.3) is 0 Å². The summed E-state index contributed by atoms with van der Waals surface area (Å²) in [6.07, 6.45) is 4.53. The van der Waals surface area contributed by atoms with Crippen LogP contribution >= 0.6 is 23.2 Å². The predicted octanol–water partition coefficient (Wildman–Crippen LogP) is 3.70. The molecule has 96 valence electrons. The van der Waals surface area contributed by atoms with E-state index in [0.29, 0.717) is 21.7 Å². The van der Waals surface area contributed by atoms with Gasteiger partial charge in [0.15, 0.2) is 5.82 Å². The van der Waals surface area contributed by atoms with E-state index < -0.39 is 0 Å². The van der Waals surface area contributed by atoms with Crippen LogP contribution in [0.3, 0.4) is 0 Å². The molecule has 0 saturated heterocycles. The zero-order valence-corrected chi connectivity index (χ0v) is 11.8. The predicted molar refractivity (Wildman–Crippen MR) is 74.9 cm³/mol. The van der Waals surface area contributed by atoms with Crippen LogP contribution in [0.25, 0.3) is 5.82 Å². The molecule has 1 N–H and O–H groups in total. The SMILES string of the molecule is CCCNc1nc(-n2ccnc2C)c(Cl)cc1Cl. The van der Waals surface area contributed by atoms with Crippen LogP contribution in [0.4, 0.5) is 5.82 Å². The van der Waals surface area contributed by atoms with Gasteiger partial charge in [-0.05, 0) is 19.4 Å². The number of hydrogen-bond acceptors (Lipinski definition) is 3. The van der Waals surface area contributed by atoms with Crippen LogP contribution in [-0.4, -0.2) is 21.1 Å². The van der Waals surface area contributed by atoms with Gasteiger partial charge in [-0.3, -0.25) is 4.57 Å². The summed E-state index contributed by atoms with van der Waals surface area (Å²) in [7, 11) is 0. The Morgan fingerprint density at radius 1 is 1.33 bits per heavy atom. The molecule has 2 aromatic heterocycles. The van der Waals surface area contributed by atoms with Gasteiger partial charge in [0, 0.05) is 18.9 Å². The average molecular weight is 285 g/mol. The maximum atomic E-state index is 6.18. The molecule has 0 aliphatic rings. The molecule has 0 aliphatic carbocycles. The van der Waals surface area contributed by atoms with E-state index in [4.69, 9.17) is 23.2 Å². The minimum Gasteiger partial charge on any atom is -0.369 e. The van der Waals surface area contributed by atoms with Crippen LogP contribution in [0.5, 0.6) is 0 Å². The number of aryl methyl sites for hydroxylation is 1. The minimum absolute atomic E-state index is 0.503. The topological polar surface area (TPSA) is 42.7 Å². The Labute approximate surface area is 116 Å². The number of anilines is 1. The Morgan fingerprint density at radius 3 is 2.72 bits per heavy atom. The molecule has 0 aliphatic heterocycles. The summed E-state index contributed by atoms with van der Waals surface area (Å²) in [5.41, 5.74) is 0. The van der Waals surface area contributed by atoms with Crippen molar-refractivity contribution >= 4 is 29.0 Å². The van der Waals surface area contributed by atoms with Crippen molar-refractivity contribution < 1.29 is 0 Å². The summed E-state index contributed by atoms with van der Waals surface area (Å²) in [5, 5.41) is 4.20.